The van der Waals surface area contributed by atoms with E-state index in [4.69, 9.17) is 4.98 Å². The van der Waals surface area contributed by atoms with Crippen molar-refractivity contribution < 1.29 is 9.90 Å². The number of aryl methyl sites for hydroxylation is 1. The molecule has 0 bridgehead atoms. The van der Waals surface area contributed by atoms with Gasteiger partial charge in [0.1, 0.15) is 5.82 Å². The van der Waals surface area contributed by atoms with Crippen LogP contribution in [0.25, 0.3) is 0 Å². The number of nitrogens with zero attached hydrogens (tertiary/aromatic N) is 4. The van der Waals surface area contributed by atoms with Crippen molar-refractivity contribution in [3.8, 4) is 0 Å². The van der Waals surface area contributed by atoms with Gasteiger partial charge in [-0.15, -0.1) is 0 Å². The molecule has 1 aliphatic carbocycles. The van der Waals surface area contributed by atoms with E-state index in [1.54, 1.807) is 0 Å². The molecule has 5 rings (SSSR count). The maximum atomic E-state index is 13.3. The Morgan fingerprint density at radius 3 is 2.57 bits per heavy atom. The van der Waals surface area contributed by atoms with Crippen LogP contribution in [-0.2, 0) is 4.79 Å². The van der Waals surface area contributed by atoms with Gasteiger partial charge in [-0.05, 0) is 83.9 Å². The predicted molar refractivity (Wildman–Crippen MR) is 119 cm³/mol. The van der Waals surface area contributed by atoms with Crippen molar-refractivity contribution >= 4 is 17.4 Å². The summed E-state index contributed by atoms with van der Waals surface area (Å²) < 4.78 is 0. The van der Waals surface area contributed by atoms with Crippen LogP contribution in [0.4, 0.5) is 11.5 Å². The topological polar surface area (TPSA) is 59.9 Å². The molecule has 1 amide bonds. The molecule has 6 nitrogen and oxygen atoms in total. The summed E-state index contributed by atoms with van der Waals surface area (Å²) in [6.07, 6.45) is 7.68. The summed E-state index contributed by atoms with van der Waals surface area (Å²) in [5.74, 6) is 1.30. The van der Waals surface area contributed by atoms with E-state index in [-0.39, 0.29) is 17.4 Å². The third kappa shape index (κ3) is 3.42. The summed E-state index contributed by atoms with van der Waals surface area (Å²) in [4.78, 5) is 25.3. The second-order valence-electron chi connectivity index (χ2n) is 10.1. The van der Waals surface area contributed by atoms with Crippen LogP contribution < -0.4 is 9.80 Å². The van der Waals surface area contributed by atoms with Crippen LogP contribution in [0.2, 0.25) is 0 Å². The van der Waals surface area contributed by atoms with Gasteiger partial charge < -0.3 is 14.9 Å². The summed E-state index contributed by atoms with van der Waals surface area (Å²) in [6, 6.07) is 5.58. The van der Waals surface area contributed by atoms with E-state index >= 15 is 0 Å². The van der Waals surface area contributed by atoms with Crippen molar-refractivity contribution in [3.05, 3.63) is 17.8 Å². The lowest BCUT2D eigenvalue weighted by atomic mass is 9.72. The molecule has 1 aromatic rings. The second kappa shape index (κ2) is 7.79. The van der Waals surface area contributed by atoms with Gasteiger partial charge in [0.25, 0.3) is 0 Å². The van der Waals surface area contributed by atoms with Gasteiger partial charge >= 0.3 is 0 Å². The highest BCUT2D eigenvalue weighted by Gasteiger charge is 2.48. The standard InChI is InChI=1S/C24H36N4O2/c1-17-4-3-13-27(17)19-9-14-26(16-19)22-6-5-21(18(2)25-22)28-15-12-24(23(28)30)10-7-20(29)8-11-24/h5-6,17,19-20,29H,3-4,7-16H2,1-2H3/t17-,19+,20?,24?/m0/s1. The van der Waals surface area contributed by atoms with Crippen molar-refractivity contribution in [2.45, 2.75) is 83.4 Å². The number of anilines is 2. The summed E-state index contributed by atoms with van der Waals surface area (Å²) in [5, 5.41) is 9.86. The molecule has 1 spiro atoms. The van der Waals surface area contributed by atoms with Crippen LogP contribution in [0, 0.1) is 12.3 Å². The number of amides is 1. The average Bonchev–Trinajstić information content (AvgIpc) is 3.45. The molecule has 0 radical (unpaired) electrons. The average molecular weight is 413 g/mol. The number of aliphatic hydroxyl groups is 1. The summed E-state index contributed by atoms with van der Waals surface area (Å²) in [6.45, 7) is 8.53. The van der Waals surface area contributed by atoms with Crippen molar-refractivity contribution in [2.75, 3.05) is 36.0 Å². The van der Waals surface area contributed by atoms with E-state index in [1.165, 1.54) is 25.8 Å². The van der Waals surface area contributed by atoms with E-state index in [1.807, 2.05) is 11.8 Å². The van der Waals surface area contributed by atoms with Gasteiger partial charge in [-0.2, -0.15) is 0 Å². The molecule has 4 heterocycles. The second-order valence-corrected chi connectivity index (χ2v) is 10.1. The minimum absolute atomic E-state index is 0.229. The first-order valence-corrected chi connectivity index (χ1v) is 12.0. The van der Waals surface area contributed by atoms with E-state index < -0.39 is 0 Å². The molecule has 0 unspecified atom stereocenters. The van der Waals surface area contributed by atoms with E-state index in [9.17, 15) is 9.90 Å². The zero-order chi connectivity index (χ0) is 20.9. The SMILES string of the molecule is Cc1nc(N2CC[C@@H](N3CCC[C@@H]3C)C2)ccc1N1CCC2(CCC(O)CC2)C1=O. The Morgan fingerprint density at radius 2 is 1.87 bits per heavy atom. The molecule has 1 N–H and O–H groups in total. The Morgan fingerprint density at radius 1 is 1.07 bits per heavy atom. The molecule has 1 saturated carbocycles. The summed E-state index contributed by atoms with van der Waals surface area (Å²) in [7, 11) is 0. The van der Waals surface area contributed by atoms with Gasteiger partial charge in [0, 0.05) is 31.7 Å². The molecule has 6 heteroatoms. The highest BCUT2D eigenvalue weighted by atomic mass is 16.3. The Balaban J connectivity index is 1.28. The predicted octanol–water partition coefficient (Wildman–Crippen LogP) is 3.11. The van der Waals surface area contributed by atoms with Gasteiger partial charge in [-0.25, -0.2) is 4.98 Å². The van der Waals surface area contributed by atoms with Gasteiger partial charge in [-0.1, -0.05) is 0 Å². The van der Waals surface area contributed by atoms with Crippen molar-refractivity contribution in [1.82, 2.24) is 9.88 Å². The van der Waals surface area contributed by atoms with Crippen molar-refractivity contribution in [1.29, 1.82) is 0 Å². The molecular weight excluding hydrogens is 376 g/mol. The molecule has 1 aromatic heterocycles. The molecule has 164 valence electrons. The highest BCUT2D eigenvalue weighted by Crippen LogP contribution is 2.46. The number of pyridine rings is 1. The highest BCUT2D eigenvalue weighted by molar-refractivity contribution is 6.00. The Labute approximate surface area is 180 Å². The number of carbonyl (C=O) groups excluding carboxylic acids is 1. The third-order valence-electron chi connectivity index (χ3n) is 8.32. The van der Waals surface area contributed by atoms with E-state index in [2.05, 4.69) is 28.9 Å². The van der Waals surface area contributed by atoms with Crippen molar-refractivity contribution in [3.63, 3.8) is 0 Å². The maximum Gasteiger partial charge on any atom is 0.233 e. The number of rotatable bonds is 3. The minimum atomic E-state index is -0.251. The number of hydrogen-bond acceptors (Lipinski definition) is 5. The van der Waals surface area contributed by atoms with Crippen LogP contribution in [0.1, 0.15) is 64.0 Å². The van der Waals surface area contributed by atoms with Crippen LogP contribution in [0.15, 0.2) is 12.1 Å². The first kappa shape index (κ1) is 20.3. The molecule has 2 atom stereocenters. The largest absolute Gasteiger partial charge is 0.393 e. The fraction of sp³-hybridized carbons (Fsp3) is 0.750. The summed E-state index contributed by atoms with van der Waals surface area (Å²) >= 11 is 0. The molecule has 4 fully saturated rings. The first-order chi connectivity index (χ1) is 14.5. The van der Waals surface area contributed by atoms with Gasteiger partial charge in [0.15, 0.2) is 0 Å². The van der Waals surface area contributed by atoms with E-state index in [0.717, 1.165) is 68.9 Å². The zero-order valence-electron chi connectivity index (χ0n) is 18.5. The smallest absolute Gasteiger partial charge is 0.233 e. The summed E-state index contributed by atoms with van der Waals surface area (Å²) in [5.41, 5.74) is 1.67. The number of carbonyl (C=O) groups is 1. The number of aliphatic hydroxyl groups excluding tert-OH is 1. The Kier molecular flexibility index (Phi) is 5.26. The lowest BCUT2D eigenvalue weighted by molar-refractivity contribution is -0.128. The van der Waals surface area contributed by atoms with Gasteiger partial charge in [0.05, 0.1) is 22.9 Å². The molecular formula is C24H36N4O2. The quantitative estimate of drug-likeness (QED) is 0.827. The molecule has 0 aromatic carbocycles. The lowest BCUT2D eigenvalue weighted by Gasteiger charge is -2.34. The van der Waals surface area contributed by atoms with E-state index in [0.29, 0.717) is 12.1 Å². The Bertz CT molecular complexity index is 804. The monoisotopic (exact) mass is 412 g/mol. The third-order valence-corrected chi connectivity index (χ3v) is 8.32. The molecule has 3 saturated heterocycles. The van der Waals surface area contributed by atoms with Crippen LogP contribution in [-0.4, -0.2) is 65.3 Å². The number of likely N-dealkylation sites (tertiary alicyclic amines) is 1. The van der Waals surface area contributed by atoms with Crippen LogP contribution >= 0.6 is 0 Å². The minimum Gasteiger partial charge on any atom is -0.393 e. The van der Waals surface area contributed by atoms with Crippen molar-refractivity contribution in [2.24, 2.45) is 5.41 Å². The van der Waals surface area contributed by atoms with Crippen LogP contribution in [0.3, 0.4) is 0 Å². The zero-order valence-corrected chi connectivity index (χ0v) is 18.5. The lowest BCUT2D eigenvalue weighted by Crippen LogP contribution is -2.39. The Hall–Kier alpha value is -1.66. The first-order valence-electron chi connectivity index (χ1n) is 12.0. The number of hydrogen-bond donors (Lipinski definition) is 1. The van der Waals surface area contributed by atoms with Gasteiger partial charge in [-0.3, -0.25) is 9.69 Å². The fourth-order valence-corrected chi connectivity index (χ4v) is 6.39. The maximum absolute atomic E-state index is 13.3. The molecule has 4 aliphatic rings. The normalized spacial score (nSPS) is 35.2. The van der Waals surface area contributed by atoms with Gasteiger partial charge in [0.2, 0.25) is 5.91 Å². The van der Waals surface area contributed by atoms with Crippen LogP contribution in [0.5, 0.6) is 0 Å². The fourth-order valence-electron chi connectivity index (χ4n) is 6.39. The molecule has 3 aliphatic heterocycles. The number of aromatic nitrogens is 1. The molecule has 30 heavy (non-hydrogen) atoms.